The van der Waals surface area contributed by atoms with Gasteiger partial charge in [0.25, 0.3) is 0 Å². The third-order valence-electron chi connectivity index (χ3n) is 4.32. The highest BCUT2D eigenvalue weighted by Crippen LogP contribution is 2.40. The topological polar surface area (TPSA) is 106 Å². The van der Waals surface area contributed by atoms with Crippen LogP contribution in [0, 0.1) is 0 Å². The molecule has 0 radical (unpaired) electrons. The summed E-state index contributed by atoms with van der Waals surface area (Å²) >= 11 is 0. The lowest BCUT2D eigenvalue weighted by molar-refractivity contribution is 0.324. The maximum atomic E-state index is 5.39. The molecule has 29 heavy (non-hydrogen) atoms. The Bertz CT molecular complexity index is 1120. The Balaban J connectivity index is 1.60. The van der Waals surface area contributed by atoms with Crippen LogP contribution in [-0.4, -0.2) is 41.5 Å². The summed E-state index contributed by atoms with van der Waals surface area (Å²) in [5, 5.41) is 14.5. The standard InChI is InChI=1S/C20H20N6O3/c1-27-15-9-13(10-16(28-2)19(15)29-3)23-20-21-8-7-17(25-20)24-14-6-4-5-12-11-22-26-18(12)14/h4-11H,1-3H3,(H,22,26)(H2,21,23,24,25). The number of benzene rings is 2. The van der Waals surface area contributed by atoms with Crippen LogP contribution in [0.3, 0.4) is 0 Å². The molecule has 9 heteroatoms. The first kappa shape index (κ1) is 18.4. The number of hydrogen-bond donors (Lipinski definition) is 3. The number of aromatic amines is 1. The van der Waals surface area contributed by atoms with Crippen molar-refractivity contribution in [1.29, 1.82) is 0 Å². The second-order valence-corrected chi connectivity index (χ2v) is 6.07. The normalized spacial score (nSPS) is 10.6. The monoisotopic (exact) mass is 392 g/mol. The van der Waals surface area contributed by atoms with Gasteiger partial charge in [-0.1, -0.05) is 12.1 Å². The lowest BCUT2D eigenvalue weighted by Crippen LogP contribution is -2.02. The number of aromatic nitrogens is 4. The van der Waals surface area contributed by atoms with Gasteiger partial charge in [0, 0.05) is 29.4 Å². The van der Waals surface area contributed by atoms with E-state index in [-0.39, 0.29) is 0 Å². The number of nitrogens with zero attached hydrogens (tertiary/aromatic N) is 3. The fourth-order valence-electron chi connectivity index (χ4n) is 2.98. The van der Waals surface area contributed by atoms with Gasteiger partial charge in [-0.15, -0.1) is 0 Å². The van der Waals surface area contributed by atoms with Gasteiger partial charge in [-0.2, -0.15) is 10.1 Å². The predicted octanol–water partition coefficient (Wildman–Crippen LogP) is 3.87. The molecule has 9 nitrogen and oxygen atoms in total. The number of hydrogen-bond acceptors (Lipinski definition) is 8. The number of ether oxygens (including phenoxy) is 3. The second kappa shape index (κ2) is 7.93. The van der Waals surface area contributed by atoms with E-state index in [0.717, 1.165) is 16.6 Å². The SMILES string of the molecule is COc1cc(Nc2nccc(Nc3cccc4cn[nH]c34)n2)cc(OC)c1OC. The number of H-pyrrole nitrogens is 1. The number of methoxy groups -OCH3 is 3. The molecule has 4 rings (SSSR count). The third kappa shape index (κ3) is 3.70. The van der Waals surface area contributed by atoms with Crippen LogP contribution in [0.4, 0.5) is 23.1 Å². The Morgan fingerprint density at radius 3 is 2.45 bits per heavy atom. The first-order valence-electron chi connectivity index (χ1n) is 8.81. The van der Waals surface area contributed by atoms with Crippen LogP contribution in [-0.2, 0) is 0 Å². The largest absolute Gasteiger partial charge is 0.493 e. The zero-order valence-electron chi connectivity index (χ0n) is 16.2. The number of para-hydroxylation sites is 1. The van der Waals surface area contributed by atoms with E-state index in [9.17, 15) is 0 Å². The molecule has 148 valence electrons. The van der Waals surface area contributed by atoms with Crippen LogP contribution in [0.2, 0.25) is 0 Å². The van der Waals surface area contributed by atoms with E-state index in [2.05, 4.69) is 30.8 Å². The fourth-order valence-corrected chi connectivity index (χ4v) is 2.98. The molecular formula is C20H20N6O3. The second-order valence-electron chi connectivity index (χ2n) is 6.07. The molecule has 0 unspecified atom stereocenters. The van der Waals surface area contributed by atoms with Gasteiger partial charge in [0.1, 0.15) is 5.82 Å². The Kier molecular flexibility index (Phi) is 5.02. The maximum Gasteiger partial charge on any atom is 0.229 e. The smallest absolute Gasteiger partial charge is 0.229 e. The number of nitrogens with one attached hydrogen (secondary N) is 3. The summed E-state index contributed by atoms with van der Waals surface area (Å²) in [6, 6.07) is 11.3. The summed E-state index contributed by atoms with van der Waals surface area (Å²) < 4.78 is 16.1. The van der Waals surface area contributed by atoms with Crippen molar-refractivity contribution in [3.8, 4) is 17.2 Å². The van der Waals surface area contributed by atoms with Crippen LogP contribution in [0.1, 0.15) is 0 Å². The van der Waals surface area contributed by atoms with Gasteiger partial charge in [0.15, 0.2) is 11.5 Å². The van der Waals surface area contributed by atoms with Gasteiger partial charge in [-0.3, -0.25) is 5.10 Å². The minimum atomic E-state index is 0.418. The predicted molar refractivity (Wildman–Crippen MR) is 111 cm³/mol. The Hall–Kier alpha value is -4.01. The summed E-state index contributed by atoms with van der Waals surface area (Å²) in [6.45, 7) is 0. The Morgan fingerprint density at radius 1 is 0.931 bits per heavy atom. The molecule has 0 amide bonds. The molecule has 0 saturated heterocycles. The first-order chi connectivity index (χ1) is 14.2. The fraction of sp³-hybridized carbons (Fsp3) is 0.150. The van der Waals surface area contributed by atoms with E-state index in [4.69, 9.17) is 14.2 Å². The molecular weight excluding hydrogens is 372 g/mol. The van der Waals surface area contributed by atoms with Gasteiger partial charge in [0.2, 0.25) is 11.7 Å². The molecule has 0 aliphatic heterocycles. The summed E-state index contributed by atoms with van der Waals surface area (Å²) in [4.78, 5) is 8.81. The van der Waals surface area contributed by atoms with Gasteiger partial charge in [0.05, 0.1) is 38.7 Å². The van der Waals surface area contributed by atoms with Crippen LogP contribution < -0.4 is 24.8 Å². The summed E-state index contributed by atoms with van der Waals surface area (Å²) in [5.41, 5.74) is 2.48. The van der Waals surface area contributed by atoms with Crippen LogP contribution in [0.25, 0.3) is 10.9 Å². The van der Waals surface area contributed by atoms with Crippen molar-refractivity contribution >= 4 is 34.0 Å². The van der Waals surface area contributed by atoms with Crippen molar-refractivity contribution in [2.75, 3.05) is 32.0 Å². The van der Waals surface area contributed by atoms with Crippen molar-refractivity contribution in [1.82, 2.24) is 20.2 Å². The van der Waals surface area contributed by atoms with Crippen molar-refractivity contribution in [3.05, 3.63) is 48.8 Å². The average molecular weight is 392 g/mol. The van der Waals surface area contributed by atoms with Crippen LogP contribution in [0.5, 0.6) is 17.2 Å². The van der Waals surface area contributed by atoms with Gasteiger partial charge in [-0.05, 0) is 12.1 Å². The van der Waals surface area contributed by atoms with Crippen LogP contribution in [0.15, 0.2) is 48.8 Å². The summed E-state index contributed by atoms with van der Waals surface area (Å²) in [7, 11) is 4.70. The van der Waals surface area contributed by atoms with E-state index in [0.29, 0.717) is 34.7 Å². The maximum absolute atomic E-state index is 5.39. The zero-order valence-corrected chi connectivity index (χ0v) is 16.2. The molecule has 2 heterocycles. The van der Waals surface area contributed by atoms with Crippen LogP contribution >= 0.6 is 0 Å². The first-order valence-corrected chi connectivity index (χ1v) is 8.81. The van der Waals surface area contributed by atoms with Crippen molar-refractivity contribution in [2.24, 2.45) is 0 Å². The molecule has 0 spiro atoms. The van der Waals surface area contributed by atoms with E-state index < -0.39 is 0 Å². The third-order valence-corrected chi connectivity index (χ3v) is 4.32. The highest BCUT2D eigenvalue weighted by Gasteiger charge is 2.14. The molecule has 3 N–H and O–H groups in total. The molecule has 0 aliphatic rings. The molecule has 2 aromatic carbocycles. The molecule has 0 saturated carbocycles. The van der Waals surface area contributed by atoms with Gasteiger partial charge >= 0.3 is 0 Å². The molecule has 0 aliphatic carbocycles. The van der Waals surface area contributed by atoms with E-state index >= 15 is 0 Å². The average Bonchev–Trinajstić information content (AvgIpc) is 3.23. The number of rotatable bonds is 7. The molecule has 0 fully saturated rings. The van der Waals surface area contributed by atoms with E-state index in [1.807, 2.05) is 18.2 Å². The Morgan fingerprint density at radius 2 is 1.72 bits per heavy atom. The Labute approximate surface area is 167 Å². The summed E-state index contributed by atoms with van der Waals surface area (Å²) in [6.07, 6.45) is 3.45. The molecule has 2 aromatic heterocycles. The highest BCUT2D eigenvalue weighted by molar-refractivity contribution is 5.91. The van der Waals surface area contributed by atoms with Crippen molar-refractivity contribution in [3.63, 3.8) is 0 Å². The lowest BCUT2D eigenvalue weighted by Gasteiger charge is -2.15. The lowest BCUT2D eigenvalue weighted by atomic mass is 10.2. The molecule has 4 aromatic rings. The number of fused-ring (bicyclic) bond motifs is 1. The number of anilines is 4. The van der Waals surface area contributed by atoms with E-state index in [1.54, 1.807) is 51.9 Å². The minimum Gasteiger partial charge on any atom is -0.493 e. The molecule has 0 atom stereocenters. The summed E-state index contributed by atoms with van der Waals surface area (Å²) in [5.74, 6) is 2.65. The van der Waals surface area contributed by atoms with E-state index in [1.165, 1.54) is 0 Å². The van der Waals surface area contributed by atoms with Crippen molar-refractivity contribution < 1.29 is 14.2 Å². The quantitative estimate of drug-likeness (QED) is 0.435. The molecule has 0 bridgehead atoms. The zero-order chi connectivity index (χ0) is 20.2. The highest BCUT2D eigenvalue weighted by atomic mass is 16.5. The van der Waals surface area contributed by atoms with Crippen molar-refractivity contribution in [2.45, 2.75) is 0 Å². The van der Waals surface area contributed by atoms with Gasteiger partial charge < -0.3 is 24.8 Å². The van der Waals surface area contributed by atoms with Gasteiger partial charge in [-0.25, -0.2) is 4.98 Å². The minimum absolute atomic E-state index is 0.418.